The van der Waals surface area contributed by atoms with Crippen LogP contribution in [-0.2, 0) is 4.79 Å². The minimum absolute atomic E-state index is 0.0331. The van der Waals surface area contributed by atoms with E-state index in [-0.39, 0.29) is 22.4 Å². The Hall–Kier alpha value is -3.98. The maximum absolute atomic E-state index is 12.4. The highest BCUT2D eigenvalue weighted by Gasteiger charge is 2.36. The molecular weight excluding hydrogens is 410 g/mol. The van der Waals surface area contributed by atoms with Crippen LogP contribution in [0.25, 0.3) is 10.9 Å². The van der Waals surface area contributed by atoms with Crippen LogP contribution in [0.1, 0.15) is 31.1 Å². The summed E-state index contributed by atoms with van der Waals surface area (Å²) in [6.07, 6.45) is 1.28. The lowest BCUT2D eigenvalue weighted by molar-refractivity contribution is -0.122. The van der Waals surface area contributed by atoms with E-state index in [0.29, 0.717) is 15.9 Å². The zero-order valence-corrected chi connectivity index (χ0v) is 16.1. The molecule has 1 aliphatic heterocycles. The van der Waals surface area contributed by atoms with Crippen molar-refractivity contribution < 1.29 is 19.2 Å². The molecule has 0 fully saturated rings. The largest absolute Gasteiger partial charge is 0.397 e. The van der Waals surface area contributed by atoms with Crippen LogP contribution in [0.3, 0.4) is 0 Å². The van der Waals surface area contributed by atoms with Gasteiger partial charge in [0.2, 0.25) is 0 Å². The molecule has 0 radical (unpaired) electrons. The van der Waals surface area contributed by atoms with Crippen molar-refractivity contribution in [1.29, 1.82) is 0 Å². The number of nitrogens with two attached hydrogens (primary N) is 1. The second kappa shape index (κ2) is 7.45. The molecule has 0 spiro atoms. The Kier molecular flexibility index (Phi) is 4.80. The number of benzene rings is 2. The Balaban J connectivity index is 1.43. The Bertz CT molecular complexity index is 1210. The number of hydrogen-bond donors (Lipinski definition) is 3. The molecule has 4 N–H and O–H groups in total. The number of nitrogens with one attached hydrogen (secondary N) is 2. The molecule has 0 unspecified atom stereocenters. The number of aromatic nitrogens is 1. The van der Waals surface area contributed by atoms with Crippen LogP contribution >= 0.6 is 11.6 Å². The number of carbonyl (C=O) groups excluding carboxylic acids is 4. The summed E-state index contributed by atoms with van der Waals surface area (Å²) in [6.45, 7) is -0.548. The van der Waals surface area contributed by atoms with Gasteiger partial charge < -0.3 is 5.73 Å². The van der Waals surface area contributed by atoms with Gasteiger partial charge in [-0.1, -0.05) is 23.7 Å². The van der Waals surface area contributed by atoms with Crippen molar-refractivity contribution in [2.24, 2.45) is 0 Å². The predicted molar refractivity (Wildman–Crippen MR) is 109 cm³/mol. The van der Waals surface area contributed by atoms with Crippen molar-refractivity contribution in [1.82, 2.24) is 20.7 Å². The number of pyridine rings is 1. The van der Waals surface area contributed by atoms with E-state index in [2.05, 4.69) is 15.8 Å². The van der Waals surface area contributed by atoms with Gasteiger partial charge in [0.15, 0.2) is 0 Å². The van der Waals surface area contributed by atoms with Gasteiger partial charge in [-0.2, -0.15) is 0 Å². The van der Waals surface area contributed by atoms with Gasteiger partial charge in [0, 0.05) is 16.6 Å². The van der Waals surface area contributed by atoms with Gasteiger partial charge in [0.1, 0.15) is 6.54 Å². The Morgan fingerprint density at radius 3 is 2.37 bits per heavy atom. The fourth-order valence-corrected chi connectivity index (χ4v) is 3.30. The van der Waals surface area contributed by atoms with Gasteiger partial charge in [-0.05, 0) is 30.3 Å². The van der Waals surface area contributed by atoms with E-state index in [0.717, 1.165) is 4.90 Å². The van der Waals surface area contributed by atoms with Crippen LogP contribution in [0.5, 0.6) is 0 Å². The summed E-state index contributed by atoms with van der Waals surface area (Å²) in [5, 5.41) is 0.926. The molecular formula is C20H14ClN5O4. The van der Waals surface area contributed by atoms with E-state index >= 15 is 0 Å². The van der Waals surface area contributed by atoms with Crippen LogP contribution in [0.2, 0.25) is 5.02 Å². The van der Waals surface area contributed by atoms with Crippen molar-refractivity contribution in [3.63, 3.8) is 0 Å². The molecule has 9 nitrogen and oxygen atoms in total. The average Bonchev–Trinajstić information content (AvgIpc) is 2.98. The number of halogens is 1. The van der Waals surface area contributed by atoms with Crippen molar-refractivity contribution >= 4 is 51.8 Å². The molecule has 150 valence electrons. The minimum atomic E-state index is -0.756. The summed E-state index contributed by atoms with van der Waals surface area (Å²) < 4.78 is 0. The maximum atomic E-state index is 12.4. The van der Waals surface area contributed by atoms with Gasteiger partial charge in [-0.15, -0.1) is 0 Å². The number of nitrogen functional groups attached to an aromatic ring is 1. The molecule has 0 aliphatic carbocycles. The molecule has 10 heteroatoms. The molecule has 2 aromatic carbocycles. The van der Waals surface area contributed by atoms with Crippen LogP contribution in [0.4, 0.5) is 5.69 Å². The molecule has 0 bridgehead atoms. The summed E-state index contributed by atoms with van der Waals surface area (Å²) in [4.78, 5) is 54.2. The first-order valence-corrected chi connectivity index (χ1v) is 9.12. The lowest BCUT2D eigenvalue weighted by Crippen LogP contribution is -2.47. The second-order valence-electron chi connectivity index (χ2n) is 6.49. The predicted octanol–water partition coefficient (Wildman–Crippen LogP) is 1.53. The van der Waals surface area contributed by atoms with Crippen molar-refractivity contribution in [2.45, 2.75) is 0 Å². The third-order valence-electron chi connectivity index (χ3n) is 4.61. The first-order chi connectivity index (χ1) is 14.4. The molecule has 1 aromatic heterocycles. The molecule has 3 aromatic rings. The van der Waals surface area contributed by atoms with Crippen LogP contribution in [0.15, 0.2) is 48.7 Å². The van der Waals surface area contributed by atoms with Gasteiger partial charge >= 0.3 is 0 Å². The van der Waals surface area contributed by atoms with Crippen molar-refractivity contribution in [3.05, 3.63) is 70.4 Å². The Morgan fingerprint density at radius 2 is 1.70 bits per heavy atom. The molecule has 4 rings (SSSR count). The smallest absolute Gasteiger partial charge is 0.273 e. The second-order valence-corrected chi connectivity index (χ2v) is 6.93. The first-order valence-electron chi connectivity index (χ1n) is 8.75. The monoisotopic (exact) mass is 423 g/mol. The van der Waals surface area contributed by atoms with E-state index in [1.165, 1.54) is 18.3 Å². The molecule has 0 saturated carbocycles. The number of imide groups is 1. The topological polar surface area (TPSA) is 134 Å². The fourth-order valence-electron chi connectivity index (χ4n) is 3.13. The Morgan fingerprint density at radius 1 is 1.03 bits per heavy atom. The summed E-state index contributed by atoms with van der Waals surface area (Å²) in [6, 6.07) is 11.2. The highest BCUT2D eigenvalue weighted by molar-refractivity contribution is 6.31. The minimum Gasteiger partial charge on any atom is -0.397 e. The standard InChI is InChI=1S/C20H14ClN5O4/c21-10-5-6-15-13(7-10)17(22)14(8-23-15)18(28)25-24-16(27)9-26-19(29)11-3-1-2-4-12(11)20(26)30/h1-8H,9H2,(H2,22,23)(H,24,27)(H,25,28). The highest BCUT2D eigenvalue weighted by Crippen LogP contribution is 2.26. The zero-order chi connectivity index (χ0) is 21.4. The quantitative estimate of drug-likeness (QED) is 0.432. The van der Waals surface area contributed by atoms with Gasteiger partial charge in [0.05, 0.1) is 27.9 Å². The normalized spacial score (nSPS) is 12.8. The van der Waals surface area contributed by atoms with Gasteiger partial charge in [-0.25, -0.2) is 0 Å². The zero-order valence-electron chi connectivity index (χ0n) is 15.3. The number of carbonyl (C=O) groups is 4. The number of hydrogen-bond acceptors (Lipinski definition) is 6. The van der Waals surface area contributed by atoms with Gasteiger partial charge in [-0.3, -0.25) is 39.9 Å². The third-order valence-corrected chi connectivity index (χ3v) is 4.85. The summed E-state index contributed by atoms with van der Waals surface area (Å²) in [7, 11) is 0. The highest BCUT2D eigenvalue weighted by atomic mass is 35.5. The number of amides is 4. The summed E-state index contributed by atoms with van der Waals surface area (Å²) in [5.41, 5.74) is 11.6. The SMILES string of the molecule is Nc1c(C(=O)NNC(=O)CN2C(=O)c3ccccc3C2=O)cnc2ccc(Cl)cc12. The lowest BCUT2D eigenvalue weighted by atomic mass is 10.1. The molecule has 0 saturated heterocycles. The van der Waals surface area contributed by atoms with Crippen molar-refractivity contribution in [3.8, 4) is 0 Å². The van der Waals surface area contributed by atoms with Gasteiger partial charge in [0.25, 0.3) is 23.6 Å². The lowest BCUT2D eigenvalue weighted by Gasteiger charge is -2.14. The Labute approximate surface area is 174 Å². The molecule has 0 atom stereocenters. The van der Waals surface area contributed by atoms with Crippen molar-refractivity contribution in [2.75, 3.05) is 12.3 Å². The van der Waals surface area contributed by atoms with E-state index in [1.54, 1.807) is 30.3 Å². The number of anilines is 1. The van der Waals surface area contributed by atoms with E-state index < -0.39 is 30.2 Å². The first kappa shape index (κ1) is 19.3. The molecule has 2 heterocycles. The van der Waals surface area contributed by atoms with Crippen LogP contribution in [0, 0.1) is 0 Å². The fraction of sp³-hybridized carbons (Fsp3) is 0.0500. The summed E-state index contributed by atoms with van der Waals surface area (Å²) >= 11 is 5.96. The third kappa shape index (κ3) is 3.31. The molecule has 30 heavy (non-hydrogen) atoms. The van der Waals surface area contributed by atoms with Crippen LogP contribution in [-0.4, -0.2) is 40.1 Å². The number of fused-ring (bicyclic) bond motifs is 2. The maximum Gasteiger partial charge on any atom is 0.273 e. The molecule has 1 aliphatic rings. The van der Waals surface area contributed by atoms with E-state index in [4.69, 9.17) is 17.3 Å². The van der Waals surface area contributed by atoms with E-state index in [1.807, 2.05) is 0 Å². The van der Waals surface area contributed by atoms with E-state index in [9.17, 15) is 19.2 Å². The summed E-state index contributed by atoms with van der Waals surface area (Å²) in [5.74, 6) is -2.61. The number of rotatable bonds is 3. The number of nitrogens with zero attached hydrogens (tertiary/aromatic N) is 2. The average molecular weight is 424 g/mol. The number of hydrazine groups is 1. The van der Waals surface area contributed by atoms with Crippen LogP contribution < -0.4 is 16.6 Å². The molecule has 4 amide bonds.